The van der Waals surface area contributed by atoms with Gasteiger partial charge in [-0.3, -0.25) is 9.78 Å². The van der Waals surface area contributed by atoms with Crippen molar-refractivity contribution in [2.24, 2.45) is 0 Å². The Morgan fingerprint density at radius 1 is 1.00 bits per heavy atom. The number of nitrogens with zero attached hydrogens (tertiary/aromatic N) is 4. The van der Waals surface area contributed by atoms with Crippen LogP contribution in [0.15, 0.2) is 61.1 Å². The van der Waals surface area contributed by atoms with Crippen LogP contribution in [0.4, 0.5) is 17.2 Å². The third-order valence-corrected chi connectivity index (χ3v) is 3.70. The standard InChI is InChI=1S/C19H20N6O/c1-25(2)16-8-6-14(7-9-16)24-18-13-21-17(12-22-18)19(26)23-11-15-5-3-4-10-20-15/h3-10,12-13H,11H2,1-2H3,(H,22,24)(H,23,26). The molecule has 0 unspecified atom stereocenters. The molecule has 0 aliphatic heterocycles. The first-order valence-electron chi connectivity index (χ1n) is 8.16. The van der Waals surface area contributed by atoms with Crippen LogP contribution >= 0.6 is 0 Å². The highest BCUT2D eigenvalue weighted by molar-refractivity contribution is 5.91. The number of pyridine rings is 1. The molecule has 0 aliphatic rings. The number of nitrogens with one attached hydrogen (secondary N) is 2. The summed E-state index contributed by atoms with van der Waals surface area (Å²) >= 11 is 0. The summed E-state index contributed by atoms with van der Waals surface area (Å²) in [5.74, 6) is 0.286. The Morgan fingerprint density at radius 3 is 2.42 bits per heavy atom. The number of aromatic nitrogens is 3. The molecule has 3 aromatic rings. The molecule has 0 spiro atoms. The van der Waals surface area contributed by atoms with E-state index in [1.54, 1.807) is 6.20 Å². The van der Waals surface area contributed by atoms with E-state index in [1.807, 2.05) is 61.5 Å². The van der Waals surface area contributed by atoms with Crippen LogP contribution in [0.2, 0.25) is 0 Å². The molecule has 132 valence electrons. The van der Waals surface area contributed by atoms with Gasteiger partial charge >= 0.3 is 0 Å². The third-order valence-electron chi connectivity index (χ3n) is 3.70. The minimum atomic E-state index is -0.287. The third kappa shape index (κ3) is 4.54. The number of hydrogen-bond donors (Lipinski definition) is 2. The Balaban J connectivity index is 1.58. The molecule has 3 rings (SSSR count). The Labute approximate surface area is 152 Å². The number of carbonyl (C=O) groups excluding carboxylic acids is 1. The summed E-state index contributed by atoms with van der Waals surface area (Å²) in [5, 5.41) is 5.93. The summed E-state index contributed by atoms with van der Waals surface area (Å²) in [7, 11) is 3.98. The molecule has 2 aromatic heterocycles. The zero-order valence-corrected chi connectivity index (χ0v) is 14.7. The lowest BCUT2D eigenvalue weighted by Gasteiger charge is -2.13. The fourth-order valence-electron chi connectivity index (χ4n) is 2.26. The van der Waals surface area contributed by atoms with Crippen LogP contribution in [0.3, 0.4) is 0 Å². The average molecular weight is 348 g/mol. The van der Waals surface area contributed by atoms with Gasteiger partial charge in [-0.1, -0.05) is 6.07 Å². The van der Waals surface area contributed by atoms with Crippen molar-refractivity contribution in [3.05, 3.63) is 72.4 Å². The van der Waals surface area contributed by atoms with E-state index < -0.39 is 0 Å². The smallest absolute Gasteiger partial charge is 0.271 e. The number of benzene rings is 1. The molecule has 0 aliphatic carbocycles. The topological polar surface area (TPSA) is 83.0 Å². The van der Waals surface area contributed by atoms with E-state index in [0.29, 0.717) is 12.4 Å². The molecule has 0 radical (unpaired) electrons. The molecule has 1 amide bonds. The Morgan fingerprint density at radius 2 is 1.81 bits per heavy atom. The first kappa shape index (κ1) is 17.3. The second kappa shape index (κ2) is 8.06. The number of carbonyl (C=O) groups is 1. The van der Waals surface area contributed by atoms with Gasteiger partial charge < -0.3 is 15.5 Å². The minimum Gasteiger partial charge on any atom is -0.378 e. The zero-order valence-electron chi connectivity index (χ0n) is 14.7. The number of hydrogen-bond acceptors (Lipinski definition) is 6. The van der Waals surface area contributed by atoms with Gasteiger partial charge in [-0.2, -0.15) is 0 Å². The van der Waals surface area contributed by atoms with E-state index in [-0.39, 0.29) is 11.6 Å². The molecule has 0 saturated carbocycles. The van der Waals surface area contributed by atoms with Crippen molar-refractivity contribution in [3.8, 4) is 0 Å². The SMILES string of the molecule is CN(C)c1ccc(Nc2cnc(C(=O)NCc3ccccn3)cn2)cc1. The lowest BCUT2D eigenvalue weighted by Crippen LogP contribution is -2.24. The van der Waals surface area contributed by atoms with Crippen molar-refractivity contribution < 1.29 is 4.79 Å². The zero-order chi connectivity index (χ0) is 18.4. The highest BCUT2D eigenvalue weighted by Gasteiger charge is 2.08. The molecule has 1 aromatic carbocycles. The molecule has 26 heavy (non-hydrogen) atoms. The van der Waals surface area contributed by atoms with Gasteiger partial charge in [0.05, 0.1) is 24.6 Å². The largest absolute Gasteiger partial charge is 0.378 e. The summed E-state index contributed by atoms with van der Waals surface area (Å²) in [5.41, 5.74) is 3.06. The molecule has 2 heterocycles. The van der Waals surface area contributed by atoms with Crippen LogP contribution in [-0.4, -0.2) is 35.0 Å². The van der Waals surface area contributed by atoms with Gasteiger partial charge in [-0.05, 0) is 36.4 Å². The maximum Gasteiger partial charge on any atom is 0.271 e. The van der Waals surface area contributed by atoms with E-state index in [9.17, 15) is 4.79 Å². The van der Waals surface area contributed by atoms with E-state index in [4.69, 9.17) is 0 Å². The quantitative estimate of drug-likeness (QED) is 0.712. The van der Waals surface area contributed by atoms with Gasteiger partial charge in [0, 0.05) is 31.7 Å². The molecule has 0 fully saturated rings. The molecule has 0 bridgehead atoms. The lowest BCUT2D eigenvalue weighted by molar-refractivity contribution is 0.0945. The summed E-state index contributed by atoms with van der Waals surface area (Å²) < 4.78 is 0. The molecule has 7 heteroatoms. The average Bonchev–Trinajstić information content (AvgIpc) is 2.68. The van der Waals surface area contributed by atoms with Crippen LogP contribution in [0, 0.1) is 0 Å². The van der Waals surface area contributed by atoms with Crippen LogP contribution in [0.1, 0.15) is 16.2 Å². The number of rotatable bonds is 6. The van der Waals surface area contributed by atoms with Crippen molar-refractivity contribution in [2.75, 3.05) is 24.3 Å². The molecular weight excluding hydrogens is 328 g/mol. The molecule has 2 N–H and O–H groups in total. The van der Waals surface area contributed by atoms with Crippen molar-refractivity contribution in [1.82, 2.24) is 20.3 Å². The van der Waals surface area contributed by atoms with E-state index >= 15 is 0 Å². The van der Waals surface area contributed by atoms with Gasteiger partial charge in [0.1, 0.15) is 11.5 Å². The van der Waals surface area contributed by atoms with Crippen molar-refractivity contribution in [3.63, 3.8) is 0 Å². The Kier molecular flexibility index (Phi) is 5.38. The van der Waals surface area contributed by atoms with Crippen molar-refractivity contribution in [2.45, 2.75) is 6.54 Å². The number of amides is 1. The van der Waals surface area contributed by atoms with Crippen LogP contribution in [-0.2, 0) is 6.54 Å². The van der Waals surface area contributed by atoms with E-state index in [1.165, 1.54) is 12.4 Å². The van der Waals surface area contributed by atoms with Crippen molar-refractivity contribution >= 4 is 23.1 Å². The first-order chi connectivity index (χ1) is 12.6. The normalized spacial score (nSPS) is 10.2. The number of anilines is 3. The minimum absolute atomic E-state index is 0.259. The fourth-order valence-corrected chi connectivity index (χ4v) is 2.26. The highest BCUT2D eigenvalue weighted by atomic mass is 16.1. The summed E-state index contributed by atoms with van der Waals surface area (Å²) in [6.07, 6.45) is 4.67. The van der Waals surface area contributed by atoms with Gasteiger partial charge in [0.15, 0.2) is 0 Å². The monoisotopic (exact) mass is 348 g/mol. The fraction of sp³-hybridized carbons (Fsp3) is 0.158. The maximum absolute atomic E-state index is 12.1. The van der Waals surface area contributed by atoms with Crippen LogP contribution in [0.25, 0.3) is 0 Å². The second-order valence-electron chi connectivity index (χ2n) is 5.86. The second-order valence-corrected chi connectivity index (χ2v) is 5.86. The maximum atomic E-state index is 12.1. The predicted octanol–water partition coefficient (Wildman–Crippen LogP) is 2.61. The van der Waals surface area contributed by atoms with Gasteiger partial charge in [-0.25, -0.2) is 9.97 Å². The van der Waals surface area contributed by atoms with Gasteiger partial charge in [0.25, 0.3) is 5.91 Å². The molecular formula is C19H20N6O. The lowest BCUT2D eigenvalue weighted by atomic mass is 10.2. The predicted molar refractivity (Wildman–Crippen MR) is 101 cm³/mol. The van der Waals surface area contributed by atoms with Crippen LogP contribution in [0.5, 0.6) is 0 Å². The Bertz CT molecular complexity index is 847. The Hall–Kier alpha value is -3.48. The highest BCUT2D eigenvalue weighted by Crippen LogP contribution is 2.18. The summed E-state index contributed by atoms with van der Waals surface area (Å²) in [4.78, 5) is 26.7. The summed E-state index contributed by atoms with van der Waals surface area (Å²) in [6.45, 7) is 0.347. The van der Waals surface area contributed by atoms with Crippen molar-refractivity contribution in [1.29, 1.82) is 0 Å². The van der Waals surface area contributed by atoms with Gasteiger partial charge in [0.2, 0.25) is 0 Å². The molecule has 7 nitrogen and oxygen atoms in total. The molecule has 0 saturated heterocycles. The molecule has 0 atom stereocenters. The van der Waals surface area contributed by atoms with E-state index in [2.05, 4.69) is 25.6 Å². The van der Waals surface area contributed by atoms with Crippen LogP contribution < -0.4 is 15.5 Å². The van der Waals surface area contributed by atoms with E-state index in [0.717, 1.165) is 17.1 Å². The first-order valence-corrected chi connectivity index (χ1v) is 8.16. The van der Waals surface area contributed by atoms with Gasteiger partial charge in [-0.15, -0.1) is 0 Å². The summed E-state index contributed by atoms with van der Waals surface area (Å²) in [6, 6.07) is 13.5.